The van der Waals surface area contributed by atoms with Crippen LogP contribution in [0.2, 0.25) is 0 Å². The number of aliphatic hydroxyl groups is 1. The summed E-state index contributed by atoms with van der Waals surface area (Å²) in [6.45, 7) is 7.89. The van der Waals surface area contributed by atoms with Crippen LogP contribution in [0.1, 0.15) is 53.6 Å². The van der Waals surface area contributed by atoms with Crippen LogP contribution in [0.25, 0.3) is 5.76 Å². The molecule has 1 aliphatic heterocycles. The lowest BCUT2D eigenvalue weighted by Crippen LogP contribution is -2.30. The lowest BCUT2D eigenvalue weighted by molar-refractivity contribution is -0.132. The minimum absolute atomic E-state index is 0.0472. The number of benzene rings is 3. The first-order chi connectivity index (χ1) is 17.2. The highest BCUT2D eigenvalue weighted by molar-refractivity contribution is 6.51. The molecule has 6 heteroatoms. The van der Waals surface area contributed by atoms with Crippen molar-refractivity contribution in [3.8, 4) is 11.5 Å². The number of rotatable bonds is 6. The van der Waals surface area contributed by atoms with E-state index in [1.807, 2.05) is 64.1 Å². The van der Waals surface area contributed by atoms with Crippen molar-refractivity contribution in [1.82, 2.24) is 0 Å². The highest BCUT2D eigenvalue weighted by atomic mass is 16.5. The van der Waals surface area contributed by atoms with Gasteiger partial charge >= 0.3 is 0 Å². The molecule has 36 heavy (non-hydrogen) atoms. The molecule has 0 saturated carbocycles. The van der Waals surface area contributed by atoms with Crippen LogP contribution in [-0.4, -0.2) is 31.0 Å². The molecule has 1 atom stereocenters. The van der Waals surface area contributed by atoms with Gasteiger partial charge < -0.3 is 14.6 Å². The minimum atomic E-state index is -0.805. The number of nitrogens with zero attached hydrogens (tertiary/aromatic N) is 1. The third-order valence-electron chi connectivity index (χ3n) is 6.63. The highest BCUT2D eigenvalue weighted by Gasteiger charge is 2.47. The zero-order valence-corrected chi connectivity index (χ0v) is 21.5. The summed E-state index contributed by atoms with van der Waals surface area (Å²) in [7, 11) is 3.17. The van der Waals surface area contributed by atoms with Crippen molar-refractivity contribution in [2.45, 2.75) is 39.7 Å². The van der Waals surface area contributed by atoms with Crippen LogP contribution in [0.5, 0.6) is 11.5 Å². The van der Waals surface area contributed by atoms with Gasteiger partial charge in [-0.15, -0.1) is 0 Å². The van der Waals surface area contributed by atoms with E-state index in [0.29, 0.717) is 28.3 Å². The Balaban J connectivity index is 1.97. The molecule has 4 rings (SSSR count). The van der Waals surface area contributed by atoms with Gasteiger partial charge in [-0.25, -0.2) is 0 Å². The van der Waals surface area contributed by atoms with E-state index in [4.69, 9.17) is 9.47 Å². The van der Waals surface area contributed by atoms with Gasteiger partial charge in [0.25, 0.3) is 11.7 Å². The highest BCUT2D eigenvalue weighted by Crippen LogP contribution is 2.44. The molecule has 1 saturated heterocycles. The number of Topliss-reactive ketones (excluding diaryl/α,β-unsaturated/α-hetero) is 1. The zero-order chi connectivity index (χ0) is 26.1. The predicted molar refractivity (Wildman–Crippen MR) is 141 cm³/mol. The van der Waals surface area contributed by atoms with Gasteiger partial charge in [0.05, 0.1) is 25.8 Å². The molecule has 0 spiro atoms. The van der Waals surface area contributed by atoms with Crippen molar-refractivity contribution in [3.05, 3.63) is 94.1 Å². The van der Waals surface area contributed by atoms with Crippen LogP contribution < -0.4 is 14.4 Å². The summed E-state index contributed by atoms with van der Waals surface area (Å²) in [4.78, 5) is 28.5. The summed E-state index contributed by atoms with van der Waals surface area (Å²) in [5.41, 5.74) is 4.54. The van der Waals surface area contributed by atoms with Crippen LogP contribution in [0.4, 0.5) is 5.69 Å². The van der Waals surface area contributed by atoms with Gasteiger partial charge in [-0.05, 0) is 78.4 Å². The number of ether oxygens (including phenoxy) is 2. The number of carbonyl (C=O) groups is 2. The molecule has 0 bridgehead atoms. The van der Waals surface area contributed by atoms with Crippen LogP contribution in [-0.2, 0) is 9.59 Å². The Bertz CT molecular complexity index is 1350. The van der Waals surface area contributed by atoms with E-state index in [9.17, 15) is 14.7 Å². The van der Waals surface area contributed by atoms with Crippen molar-refractivity contribution >= 4 is 23.1 Å². The topological polar surface area (TPSA) is 76.1 Å². The summed E-state index contributed by atoms with van der Waals surface area (Å²) in [5.74, 6) is -0.142. The number of methoxy groups -OCH3 is 2. The molecule has 0 aromatic heterocycles. The fourth-order valence-electron chi connectivity index (χ4n) is 4.65. The van der Waals surface area contributed by atoms with E-state index in [1.165, 1.54) is 4.90 Å². The van der Waals surface area contributed by atoms with Crippen molar-refractivity contribution in [3.63, 3.8) is 0 Å². The first kappa shape index (κ1) is 25.0. The summed E-state index contributed by atoms with van der Waals surface area (Å²) in [5, 5.41) is 11.5. The Morgan fingerprint density at radius 3 is 2.22 bits per heavy atom. The maximum atomic E-state index is 13.5. The van der Waals surface area contributed by atoms with Crippen molar-refractivity contribution in [2.24, 2.45) is 0 Å². The largest absolute Gasteiger partial charge is 0.507 e. The molecular weight excluding hydrogens is 454 g/mol. The van der Waals surface area contributed by atoms with Gasteiger partial charge in [-0.3, -0.25) is 14.5 Å². The number of amides is 1. The van der Waals surface area contributed by atoms with Gasteiger partial charge in [0.2, 0.25) is 0 Å². The quantitative estimate of drug-likeness (QED) is 0.261. The smallest absolute Gasteiger partial charge is 0.300 e. The lowest BCUT2D eigenvalue weighted by Gasteiger charge is -2.27. The number of ketones is 1. The van der Waals surface area contributed by atoms with E-state index in [2.05, 4.69) is 0 Å². The second kappa shape index (κ2) is 9.90. The molecular formula is C30H31NO5. The minimum Gasteiger partial charge on any atom is -0.507 e. The SMILES string of the molecule is COc1ccc(C2/C(=C(/O)c3ccc(OC)c(C(C)C)c3)C(=O)C(=O)N2c2cc(C)ccc2C)cc1. The lowest BCUT2D eigenvalue weighted by atomic mass is 9.93. The Labute approximate surface area is 211 Å². The number of hydrogen-bond donors (Lipinski definition) is 1. The van der Waals surface area contributed by atoms with E-state index in [0.717, 1.165) is 16.7 Å². The number of aliphatic hydroxyl groups excluding tert-OH is 1. The maximum Gasteiger partial charge on any atom is 0.300 e. The van der Waals surface area contributed by atoms with Crippen molar-refractivity contribution < 1.29 is 24.2 Å². The Kier molecular flexibility index (Phi) is 6.88. The monoisotopic (exact) mass is 485 g/mol. The Hall–Kier alpha value is -4.06. The molecule has 1 aliphatic rings. The van der Waals surface area contributed by atoms with Gasteiger partial charge in [0, 0.05) is 11.3 Å². The van der Waals surface area contributed by atoms with Gasteiger partial charge in [0.1, 0.15) is 17.3 Å². The molecule has 186 valence electrons. The van der Waals surface area contributed by atoms with E-state index in [1.54, 1.807) is 38.5 Å². The van der Waals surface area contributed by atoms with Crippen LogP contribution in [0, 0.1) is 13.8 Å². The third kappa shape index (κ3) is 4.35. The molecule has 1 fully saturated rings. The second-order valence-electron chi connectivity index (χ2n) is 9.34. The summed E-state index contributed by atoms with van der Waals surface area (Å²) < 4.78 is 10.8. The number of anilines is 1. The maximum absolute atomic E-state index is 13.5. The van der Waals surface area contributed by atoms with E-state index < -0.39 is 17.7 Å². The normalized spacial score (nSPS) is 17.1. The molecule has 3 aromatic rings. The second-order valence-corrected chi connectivity index (χ2v) is 9.34. The predicted octanol–water partition coefficient (Wildman–Crippen LogP) is 6.07. The fourth-order valence-corrected chi connectivity index (χ4v) is 4.65. The third-order valence-corrected chi connectivity index (χ3v) is 6.63. The first-order valence-electron chi connectivity index (χ1n) is 11.9. The van der Waals surface area contributed by atoms with E-state index in [-0.39, 0.29) is 17.3 Å². The van der Waals surface area contributed by atoms with Crippen molar-refractivity contribution in [1.29, 1.82) is 0 Å². The van der Waals surface area contributed by atoms with Crippen LogP contribution >= 0.6 is 0 Å². The first-order valence-corrected chi connectivity index (χ1v) is 11.9. The average molecular weight is 486 g/mol. The molecule has 3 aromatic carbocycles. The fraction of sp³-hybridized carbons (Fsp3) is 0.267. The molecule has 1 amide bonds. The summed E-state index contributed by atoms with van der Waals surface area (Å²) in [6, 6.07) is 17.5. The number of hydrogen-bond acceptors (Lipinski definition) is 5. The van der Waals surface area contributed by atoms with E-state index >= 15 is 0 Å². The standard InChI is InChI=1S/C30H31NO5/c1-17(2)23-16-21(11-14-25(23)36-6)28(32)26-27(20-9-12-22(35-5)13-10-20)31(30(34)29(26)33)24-15-18(3)7-8-19(24)4/h7-17,27,32H,1-6H3/b28-26-. The van der Waals surface area contributed by atoms with Gasteiger partial charge in [-0.2, -0.15) is 0 Å². The Morgan fingerprint density at radius 2 is 1.61 bits per heavy atom. The molecule has 1 heterocycles. The molecule has 6 nitrogen and oxygen atoms in total. The van der Waals surface area contributed by atoms with Crippen molar-refractivity contribution in [2.75, 3.05) is 19.1 Å². The average Bonchev–Trinajstić information content (AvgIpc) is 3.14. The van der Waals surface area contributed by atoms with Crippen LogP contribution in [0.15, 0.2) is 66.2 Å². The summed E-state index contributed by atoms with van der Waals surface area (Å²) in [6.07, 6.45) is 0. The van der Waals surface area contributed by atoms with Gasteiger partial charge in [-0.1, -0.05) is 38.1 Å². The number of carbonyl (C=O) groups excluding carboxylic acids is 2. The van der Waals surface area contributed by atoms with Gasteiger partial charge in [0.15, 0.2) is 0 Å². The van der Waals surface area contributed by atoms with Crippen LogP contribution in [0.3, 0.4) is 0 Å². The molecule has 1 unspecified atom stereocenters. The molecule has 0 radical (unpaired) electrons. The molecule has 1 N–H and O–H groups in total. The summed E-state index contributed by atoms with van der Waals surface area (Å²) >= 11 is 0. The Morgan fingerprint density at radius 1 is 0.917 bits per heavy atom. The zero-order valence-electron chi connectivity index (χ0n) is 21.5. The number of aryl methyl sites for hydroxylation is 2. The molecule has 0 aliphatic carbocycles.